The van der Waals surface area contributed by atoms with Crippen molar-refractivity contribution in [2.24, 2.45) is 5.10 Å². The fourth-order valence-electron chi connectivity index (χ4n) is 3.13. The Hall–Kier alpha value is -2.22. The van der Waals surface area contributed by atoms with Gasteiger partial charge in [0.25, 0.3) is 5.91 Å². The zero-order chi connectivity index (χ0) is 18.0. The Bertz CT molecular complexity index is 804. The topological polar surface area (TPSA) is 87.1 Å². The first kappa shape index (κ1) is 17.6. The number of sulfone groups is 1. The third-order valence-corrected chi connectivity index (χ3v) is 6.22. The van der Waals surface area contributed by atoms with Crippen LogP contribution < -0.4 is 0 Å². The lowest BCUT2D eigenvalue weighted by Crippen LogP contribution is -2.44. The van der Waals surface area contributed by atoms with Crippen LogP contribution in [0.15, 0.2) is 35.4 Å². The molecule has 0 aromatic heterocycles. The van der Waals surface area contributed by atoms with Crippen molar-refractivity contribution in [3.05, 3.63) is 35.9 Å². The van der Waals surface area contributed by atoms with Crippen LogP contribution in [0.1, 0.15) is 24.8 Å². The first-order chi connectivity index (χ1) is 11.9. The van der Waals surface area contributed by atoms with Crippen LogP contribution in [-0.2, 0) is 26.0 Å². The summed E-state index contributed by atoms with van der Waals surface area (Å²) in [5.41, 5.74) is 1.31. The average molecular weight is 363 g/mol. The molecule has 2 amide bonds. The Morgan fingerprint density at radius 3 is 2.64 bits per heavy atom. The molecule has 0 bridgehead atoms. The van der Waals surface area contributed by atoms with Gasteiger partial charge in [0.05, 0.1) is 17.5 Å². The molecular weight excluding hydrogens is 342 g/mol. The number of hydrazone groups is 1. The van der Waals surface area contributed by atoms with Crippen LogP contribution in [0.3, 0.4) is 0 Å². The lowest BCUT2D eigenvalue weighted by molar-refractivity contribution is -0.134. The molecule has 1 unspecified atom stereocenters. The molecule has 1 fully saturated rings. The minimum absolute atomic E-state index is 0.0636. The summed E-state index contributed by atoms with van der Waals surface area (Å²) in [5.74, 6) is -0.468. The molecule has 0 saturated carbocycles. The Labute approximate surface area is 147 Å². The highest BCUT2D eigenvalue weighted by atomic mass is 32.2. The minimum Gasteiger partial charge on any atom is -0.336 e. The van der Waals surface area contributed by atoms with Crippen molar-refractivity contribution in [2.45, 2.75) is 31.8 Å². The van der Waals surface area contributed by atoms with Crippen molar-refractivity contribution in [1.29, 1.82) is 0 Å². The minimum atomic E-state index is -3.12. The van der Waals surface area contributed by atoms with Crippen molar-refractivity contribution >= 4 is 27.4 Å². The number of benzene rings is 1. The van der Waals surface area contributed by atoms with E-state index >= 15 is 0 Å². The van der Waals surface area contributed by atoms with Gasteiger partial charge in [-0.1, -0.05) is 30.3 Å². The van der Waals surface area contributed by atoms with Crippen LogP contribution in [-0.4, -0.2) is 60.4 Å². The molecule has 0 radical (unpaired) electrons. The van der Waals surface area contributed by atoms with Gasteiger partial charge in [-0.05, 0) is 12.0 Å². The molecule has 3 rings (SSSR count). The molecule has 1 aromatic rings. The van der Waals surface area contributed by atoms with Gasteiger partial charge in [0.2, 0.25) is 5.91 Å². The molecule has 8 heteroatoms. The Morgan fingerprint density at radius 2 is 2.00 bits per heavy atom. The van der Waals surface area contributed by atoms with E-state index in [-0.39, 0.29) is 36.2 Å². The zero-order valence-electron chi connectivity index (χ0n) is 14.1. The monoisotopic (exact) mass is 363 g/mol. The van der Waals surface area contributed by atoms with Gasteiger partial charge < -0.3 is 4.90 Å². The van der Waals surface area contributed by atoms with Crippen LogP contribution in [0, 0.1) is 0 Å². The first-order valence-corrected chi connectivity index (χ1v) is 10.1. The van der Waals surface area contributed by atoms with Gasteiger partial charge in [-0.15, -0.1) is 0 Å². The van der Waals surface area contributed by atoms with Crippen LogP contribution in [0.2, 0.25) is 0 Å². The molecule has 2 aliphatic rings. The summed E-state index contributed by atoms with van der Waals surface area (Å²) in [7, 11) is -1.43. The van der Waals surface area contributed by atoms with Crippen LogP contribution in [0.4, 0.5) is 0 Å². The summed E-state index contributed by atoms with van der Waals surface area (Å²) < 4.78 is 23.3. The molecule has 134 valence electrons. The van der Waals surface area contributed by atoms with E-state index in [0.717, 1.165) is 5.56 Å². The van der Waals surface area contributed by atoms with Crippen LogP contribution >= 0.6 is 0 Å². The van der Waals surface area contributed by atoms with E-state index < -0.39 is 15.9 Å². The van der Waals surface area contributed by atoms with Crippen molar-refractivity contribution in [2.75, 3.05) is 18.6 Å². The quantitative estimate of drug-likeness (QED) is 0.792. The number of nitrogens with zero attached hydrogens (tertiary/aromatic N) is 3. The van der Waals surface area contributed by atoms with Crippen LogP contribution in [0.5, 0.6) is 0 Å². The third kappa shape index (κ3) is 4.07. The van der Waals surface area contributed by atoms with Gasteiger partial charge in [0.1, 0.15) is 5.71 Å². The molecule has 2 heterocycles. The summed E-state index contributed by atoms with van der Waals surface area (Å²) in [6.07, 6.45) is 0.839. The largest absolute Gasteiger partial charge is 0.336 e. The molecule has 0 aliphatic carbocycles. The molecular formula is C17H21N3O4S. The lowest BCUT2D eigenvalue weighted by Gasteiger charge is -2.29. The van der Waals surface area contributed by atoms with Crippen molar-refractivity contribution < 1.29 is 18.0 Å². The highest BCUT2D eigenvalue weighted by Gasteiger charge is 2.37. The SMILES string of the molecule is CN(Cc1ccccc1)C(=O)C1=NN(C2CCS(=O)(=O)C2)C(=O)CC1. The summed E-state index contributed by atoms with van der Waals surface area (Å²) in [5, 5.41) is 5.44. The second-order valence-electron chi connectivity index (χ2n) is 6.49. The van der Waals surface area contributed by atoms with E-state index in [4.69, 9.17) is 0 Å². The maximum Gasteiger partial charge on any atom is 0.270 e. The highest BCUT2D eigenvalue weighted by Crippen LogP contribution is 2.22. The van der Waals surface area contributed by atoms with Crippen molar-refractivity contribution in [3.63, 3.8) is 0 Å². The van der Waals surface area contributed by atoms with E-state index in [2.05, 4.69) is 5.10 Å². The second-order valence-corrected chi connectivity index (χ2v) is 8.72. The van der Waals surface area contributed by atoms with E-state index in [1.165, 1.54) is 5.01 Å². The average Bonchev–Trinajstić information content (AvgIpc) is 2.95. The number of amides is 2. The smallest absolute Gasteiger partial charge is 0.270 e. The fourth-order valence-corrected chi connectivity index (χ4v) is 4.82. The molecule has 7 nitrogen and oxygen atoms in total. The van der Waals surface area contributed by atoms with Gasteiger partial charge in [-0.3, -0.25) is 9.59 Å². The van der Waals surface area contributed by atoms with Crippen molar-refractivity contribution in [3.8, 4) is 0 Å². The molecule has 0 spiro atoms. The predicted molar refractivity (Wildman–Crippen MR) is 93.5 cm³/mol. The Morgan fingerprint density at radius 1 is 1.28 bits per heavy atom. The molecule has 2 aliphatic heterocycles. The van der Waals surface area contributed by atoms with Gasteiger partial charge in [0.15, 0.2) is 9.84 Å². The fraction of sp³-hybridized carbons (Fsp3) is 0.471. The summed E-state index contributed by atoms with van der Waals surface area (Å²) in [6, 6.07) is 9.15. The van der Waals surface area contributed by atoms with Crippen LogP contribution in [0.25, 0.3) is 0 Å². The second kappa shape index (κ2) is 6.95. The third-order valence-electron chi connectivity index (χ3n) is 4.47. The molecule has 1 aromatic carbocycles. The first-order valence-electron chi connectivity index (χ1n) is 8.25. The Kier molecular flexibility index (Phi) is 4.89. The van der Waals surface area contributed by atoms with Gasteiger partial charge in [0, 0.05) is 26.4 Å². The number of carbonyl (C=O) groups excluding carboxylic acids is 2. The maximum atomic E-state index is 12.6. The van der Waals surface area contributed by atoms with E-state index in [1.54, 1.807) is 11.9 Å². The Balaban J connectivity index is 1.73. The molecule has 1 atom stereocenters. The maximum absolute atomic E-state index is 12.6. The number of carbonyl (C=O) groups is 2. The number of rotatable bonds is 4. The van der Waals surface area contributed by atoms with Crippen molar-refractivity contribution in [1.82, 2.24) is 9.91 Å². The molecule has 0 N–H and O–H groups in total. The van der Waals surface area contributed by atoms with E-state index in [9.17, 15) is 18.0 Å². The zero-order valence-corrected chi connectivity index (χ0v) is 14.9. The molecule has 1 saturated heterocycles. The summed E-state index contributed by atoms with van der Waals surface area (Å²) >= 11 is 0. The summed E-state index contributed by atoms with van der Waals surface area (Å²) in [4.78, 5) is 26.3. The number of hydrogen-bond acceptors (Lipinski definition) is 5. The van der Waals surface area contributed by atoms with Gasteiger partial charge in [-0.25, -0.2) is 13.4 Å². The van der Waals surface area contributed by atoms with Gasteiger partial charge >= 0.3 is 0 Å². The lowest BCUT2D eigenvalue weighted by atomic mass is 10.1. The van der Waals surface area contributed by atoms with E-state index in [0.29, 0.717) is 18.7 Å². The standard InChI is InChI=1S/C17H21N3O4S/c1-19(11-13-5-3-2-4-6-13)17(22)15-7-8-16(21)20(18-15)14-9-10-25(23,24)12-14/h2-6,14H,7-12H2,1H3. The van der Waals surface area contributed by atoms with E-state index in [1.807, 2.05) is 30.3 Å². The number of hydrogen-bond donors (Lipinski definition) is 0. The summed E-state index contributed by atoms with van der Waals surface area (Å²) in [6.45, 7) is 0.449. The molecule has 25 heavy (non-hydrogen) atoms. The normalized spacial score (nSPS) is 22.6. The predicted octanol–water partition coefficient (Wildman–Crippen LogP) is 0.810. The highest BCUT2D eigenvalue weighted by molar-refractivity contribution is 7.91. The van der Waals surface area contributed by atoms with Gasteiger partial charge in [-0.2, -0.15) is 5.10 Å².